The highest BCUT2D eigenvalue weighted by molar-refractivity contribution is 6.17. The number of benzene rings is 7. The van der Waals surface area contributed by atoms with E-state index in [2.05, 4.69) is 78.9 Å². The predicted molar refractivity (Wildman–Crippen MR) is 201 cm³/mol. The van der Waals surface area contributed by atoms with Crippen molar-refractivity contribution < 1.29 is 8.83 Å². The summed E-state index contributed by atoms with van der Waals surface area (Å²) in [5.41, 5.74) is 6.67. The standard InChI is InChI=1S/C44H24N4O2/c1-2-10-27-25(9-1)19-21-28-29-22-20-26(23-35(29)45-24-34(27)28)42-46-43(32-13-7-17-38-40(32)30-11-3-5-15-36(30)49-38)48-44(47-42)33-14-8-18-39-41(33)31-12-4-6-16-37(31)50-39/h1-24H. The fourth-order valence-electron chi connectivity index (χ4n) is 7.48. The molecule has 0 fully saturated rings. The molecule has 0 bridgehead atoms. The van der Waals surface area contributed by atoms with Gasteiger partial charge in [-0.15, -0.1) is 0 Å². The third-order valence-corrected chi connectivity index (χ3v) is 9.77. The lowest BCUT2D eigenvalue weighted by Crippen LogP contribution is -2.01. The van der Waals surface area contributed by atoms with Crippen molar-refractivity contribution in [3.8, 4) is 34.2 Å². The number of rotatable bonds is 3. The molecule has 0 saturated heterocycles. The molecule has 4 heterocycles. The van der Waals surface area contributed by atoms with Crippen molar-refractivity contribution in [3.05, 3.63) is 146 Å². The highest BCUT2D eigenvalue weighted by Gasteiger charge is 2.20. The molecule has 0 unspecified atom stereocenters. The maximum atomic E-state index is 6.26. The van der Waals surface area contributed by atoms with Crippen LogP contribution in [0, 0.1) is 0 Å². The number of pyridine rings is 1. The Balaban J connectivity index is 1.18. The largest absolute Gasteiger partial charge is 0.456 e. The van der Waals surface area contributed by atoms with E-state index < -0.39 is 0 Å². The Morgan fingerprint density at radius 1 is 0.380 bits per heavy atom. The second kappa shape index (κ2) is 10.3. The molecule has 0 saturated carbocycles. The van der Waals surface area contributed by atoms with Gasteiger partial charge in [0.1, 0.15) is 22.3 Å². The molecule has 0 atom stereocenters. The molecule has 6 nitrogen and oxygen atoms in total. The number of hydrogen-bond acceptors (Lipinski definition) is 6. The second-order valence-corrected chi connectivity index (χ2v) is 12.6. The Hall–Kier alpha value is -6.92. The average Bonchev–Trinajstić information content (AvgIpc) is 3.76. The first-order valence-electron chi connectivity index (χ1n) is 16.5. The highest BCUT2D eigenvalue weighted by Crippen LogP contribution is 2.39. The third kappa shape index (κ3) is 3.96. The molecule has 0 aliphatic rings. The number of hydrogen-bond donors (Lipinski definition) is 0. The van der Waals surface area contributed by atoms with Gasteiger partial charge < -0.3 is 8.83 Å². The molecule has 11 rings (SSSR count). The molecular weight excluding hydrogens is 617 g/mol. The Morgan fingerprint density at radius 2 is 0.940 bits per heavy atom. The van der Waals surface area contributed by atoms with Gasteiger partial charge in [0.2, 0.25) is 0 Å². The van der Waals surface area contributed by atoms with E-state index >= 15 is 0 Å². The smallest absolute Gasteiger partial charge is 0.164 e. The molecule has 0 N–H and O–H groups in total. The van der Waals surface area contributed by atoms with Crippen LogP contribution in [0.2, 0.25) is 0 Å². The third-order valence-electron chi connectivity index (χ3n) is 9.77. The van der Waals surface area contributed by atoms with Gasteiger partial charge in [-0.3, -0.25) is 4.98 Å². The van der Waals surface area contributed by atoms with Gasteiger partial charge in [0.25, 0.3) is 0 Å². The van der Waals surface area contributed by atoms with Gasteiger partial charge in [-0.05, 0) is 46.5 Å². The van der Waals surface area contributed by atoms with E-state index in [1.807, 2.05) is 66.9 Å². The molecule has 0 spiro atoms. The first kappa shape index (κ1) is 27.1. The lowest BCUT2D eigenvalue weighted by molar-refractivity contribution is 0.668. The van der Waals surface area contributed by atoms with Crippen LogP contribution in [0.25, 0.3) is 110 Å². The van der Waals surface area contributed by atoms with Crippen LogP contribution in [0.3, 0.4) is 0 Å². The summed E-state index contributed by atoms with van der Waals surface area (Å²) in [6.45, 7) is 0. The maximum absolute atomic E-state index is 6.26. The molecular formula is C44H24N4O2. The minimum atomic E-state index is 0.557. The normalized spacial score (nSPS) is 12.0. The maximum Gasteiger partial charge on any atom is 0.164 e. The summed E-state index contributed by atoms with van der Waals surface area (Å²) in [6.07, 6.45) is 1.98. The van der Waals surface area contributed by atoms with Gasteiger partial charge >= 0.3 is 0 Å². The molecule has 0 aliphatic heterocycles. The Morgan fingerprint density at radius 3 is 1.62 bits per heavy atom. The zero-order chi connectivity index (χ0) is 32.8. The Kier molecular flexibility index (Phi) is 5.57. The number of furan rings is 2. The van der Waals surface area contributed by atoms with Gasteiger partial charge in [-0.25, -0.2) is 15.0 Å². The molecule has 232 valence electrons. The van der Waals surface area contributed by atoms with Crippen LogP contribution < -0.4 is 0 Å². The van der Waals surface area contributed by atoms with Gasteiger partial charge in [0.05, 0.1) is 5.52 Å². The minimum Gasteiger partial charge on any atom is -0.456 e. The number of nitrogens with zero attached hydrogens (tertiary/aromatic N) is 4. The van der Waals surface area contributed by atoms with E-state index in [4.69, 9.17) is 28.8 Å². The predicted octanol–water partition coefficient (Wildman–Crippen LogP) is 11.5. The minimum absolute atomic E-state index is 0.557. The van der Waals surface area contributed by atoms with E-state index in [1.54, 1.807) is 0 Å². The summed E-state index contributed by atoms with van der Waals surface area (Å²) in [6, 6.07) is 47.3. The zero-order valence-corrected chi connectivity index (χ0v) is 26.5. The van der Waals surface area contributed by atoms with Crippen molar-refractivity contribution in [3.63, 3.8) is 0 Å². The fourth-order valence-corrected chi connectivity index (χ4v) is 7.48. The molecule has 0 amide bonds. The van der Waals surface area contributed by atoms with E-state index in [0.29, 0.717) is 17.5 Å². The lowest BCUT2D eigenvalue weighted by Gasteiger charge is -2.11. The highest BCUT2D eigenvalue weighted by atomic mass is 16.3. The fraction of sp³-hybridized carbons (Fsp3) is 0. The molecule has 50 heavy (non-hydrogen) atoms. The van der Waals surface area contributed by atoms with Crippen molar-refractivity contribution in [2.45, 2.75) is 0 Å². The monoisotopic (exact) mass is 640 g/mol. The van der Waals surface area contributed by atoms with Crippen molar-refractivity contribution in [1.29, 1.82) is 0 Å². The van der Waals surface area contributed by atoms with E-state index in [1.165, 1.54) is 10.8 Å². The molecule has 6 heteroatoms. The van der Waals surface area contributed by atoms with Crippen molar-refractivity contribution >= 4 is 76.3 Å². The first-order chi connectivity index (χ1) is 24.8. The van der Waals surface area contributed by atoms with Crippen LogP contribution in [-0.4, -0.2) is 19.9 Å². The molecule has 0 radical (unpaired) electrons. The summed E-state index contributed by atoms with van der Waals surface area (Å²) in [5.74, 6) is 1.68. The SMILES string of the molecule is c1ccc2c(c1)ccc1c3ccc(-c4nc(-c5cccc6oc7ccccc7c56)nc(-c5cccc6oc7ccccc7c56)n4)cc3ncc21. The van der Waals surface area contributed by atoms with Gasteiger partial charge in [0.15, 0.2) is 17.5 Å². The van der Waals surface area contributed by atoms with Crippen molar-refractivity contribution in [2.75, 3.05) is 0 Å². The summed E-state index contributed by atoms with van der Waals surface area (Å²) >= 11 is 0. The molecule has 4 aromatic heterocycles. The van der Waals surface area contributed by atoms with E-state index in [0.717, 1.165) is 82.2 Å². The van der Waals surface area contributed by atoms with Gasteiger partial charge in [-0.1, -0.05) is 109 Å². The summed E-state index contributed by atoms with van der Waals surface area (Å²) in [7, 11) is 0. The van der Waals surface area contributed by atoms with Crippen LogP contribution in [-0.2, 0) is 0 Å². The van der Waals surface area contributed by atoms with Crippen molar-refractivity contribution in [2.24, 2.45) is 0 Å². The molecule has 7 aromatic carbocycles. The number of fused-ring (bicyclic) bond motifs is 11. The number of para-hydroxylation sites is 2. The molecule has 11 aromatic rings. The van der Waals surface area contributed by atoms with Gasteiger partial charge in [-0.2, -0.15) is 0 Å². The van der Waals surface area contributed by atoms with Crippen LogP contribution in [0.5, 0.6) is 0 Å². The Bertz CT molecular complexity index is 3040. The summed E-state index contributed by atoms with van der Waals surface area (Å²) in [5, 5.41) is 9.73. The van der Waals surface area contributed by atoms with Crippen molar-refractivity contribution in [1.82, 2.24) is 19.9 Å². The summed E-state index contributed by atoms with van der Waals surface area (Å²) in [4.78, 5) is 20.5. The van der Waals surface area contributed by atoms with Crippen LogP contribution in [0.4, 0.5) is 0 Å². The molecule has 0 aliphatic carbocycles. The van der Waals surface area contributed by atoms with Crippen LogP contribution in [0.15, 0.2) is 155 Å². The average molecular weight is 641 g/mol. The lowest BCUT2D eigenvalue weighted by atomic mass is 9.99. The van der Waals surface area contributed by atoms with Crippen LogP contribution in [0.1, 0.15) is 0 Å². The number of aromatic nitrogens is 4. The quantitative estimate of drug-likeness (QED) is 0.179. The second-order valence-electron chi connectivity index (χ2n) is 12.6. The van der Waals surface area contributed by atoms with Gasteiger partial charge in [0, 0.05) is 55.2 Å². The van der Waals surface area contributed by atoms with E-state index in [9.17, 15) is 0 Å². The first-order valence-corrected chi connectivity index (χ1v) is 16.5. The summed E-state index contributed by atoms with van der Waals surface area (Å²) < 4.78 is 12.5. The Labute approximate surface area is 284 Å². The zero-order valence-electron chi connectivity index (χ0n) is 26.5. The van der Waals surface area contributed by atoms with Crippen LogP contribution >= 0.6 is 0 Å². The van der Waals surface area contributed by atoms with E-state index in [-0.39, 0.29) is 0 Å². The topological polar surface area (TPSA) is 77.8 Å².